The van der Waals surface area contributed by atoms with Crippen molar-refractivity contribution in [2.24, 2.45) is 21.1 Å². The van der Waals surface area contributed by atoms with Crippen molar-refractivity contribution < 1.29 is 4.74 Å². The zero-order valence-corrected chi connectivity index (χ0v) is 18.1. The molecule has 2 spiro atoms. The first-order valence-electron chi connectivity index (χ1n) is 11.4. The Morgan fingerprint density at radius 3 is 2.81 bits per heavy atom. The molecule has 2 N–H and O–H groups in total. The summed E-state index contributed by atoms with van der Waals surface area (Å²) in [6.45, 7) is 1.76. The van der Waals surface area contributed by atoms with Crippen LogP contribution in [0.25, 0.3) is 11.1 Å². The Bertz CT molecular complexity index is 1070. The van der Waals surface area contributed by atoms with Gasteiger partial charge in [0, 0.05) is 38.0 Å². The van der Waals surface area contributed by atoms with E-state index in [0.29, 0.717) is 12.1 Å². The van der Waals surface area contributed by atoms with Gasteiger partial charge in [0.2, 0.25) is 0 Å². The molecule has 1 unspecified atom stereocenters. The summed E-state index contributed by atoms with van der Waals surface area (Å²) in [5.74, 6) is 1.71. The Labute approximate surface area is 183 Å². The summed E-state index contributed by atoms with van der Waals surface area (Å²) in [5.41, 5.74) is 11.1. The van der Waals surface area contributed by atoms with Gasteiger partial charge in [-0.15, -0.1) is 0 Å². The summed E-state index contributed by atoms with van der Waals surface area (Å²) in [4.78, 5) is 16.9. The average Bonchev–Trinajstić information content (AvgIpc) is 3.27. The number of pyridine rings is 1. The van der Waals surface area contributed by atoms with Crippen LogP contribution in [0, 0.1) is 5.41 Å². The molecule has 6 rings (SSSR count). The zero-order chi connectivity index (χ0) is 21.1. The summed E-state index contributed by atoms with van der Waals surface area (Å²) >= 11 is 0. The van der Waals surface area contributed by atoms with Gasteiger partial charge in [-0.3, -0.25) is 14.9 Å². The topological polar surface area (TPSA) is 76.1 Å². The van der Waals surface area contributed by atoms with Crippen molar-refractivity contribution in [3.8, 4) is 11.1 Å². The van der Waals surface area contributed by atoms with Gasteiger partial charge in [0.1, 0.15) is 5.84 Å². The molecule has 1 atom stereocenters. The number of guanidine groups is 1. The monoisotopic (exact) mass is 415 g/mol. The second-order valence-corrected chi connectivity index (χ2v) is 9.40. The van der Waals surface area contributed by atoms with Gasteiger partial charge in [-0.05, 0) is 72.9 Å². The molecule has 6 nitrogen and oxygen atoms in total. The highest BCUT2D eigenvalue weighted by Gasteiger charge is 2.65. The molecule has 6 heteroatoms. The second kappa shape index (κ2) is 6.89. The first-order valence-corrected chi connectivity index (χ1v) is 11.4. The maximum absolute atomic E-state index is 6.55. The predicted octanol–water partition coefficient (Wildman–Crippen LogP) is 3.51. The van der Waals surface area contributed by atoms with Crippen molar-refractivity contribution in [3.05, 3.63) is 53.9 Å². The number of nitrogens with two attached hydrogens (primary N) is 1. The highest BCUT2D eigenvalue weighted by atomic mass is 16.5. The van der Waals surface area contributed by atoms with Gasteiger partial charge in [-0.25, -0.2) is 4.99 Å². The van der Waals surface area contributed by atoms with Crippen LogP contribution in [0.4, 0.5) is 0 Å². The molecule has 1 fully saturated rings. The van der Waals surface area contributed by atoms with Crippen molar-refractivity contribution in [2.45, 2.75) is 50.2 Å². The summed E-state index contributed by atoms with van der Waals surface area (Å²) in [5, 5.41) is 0. The van der Waals surface area contributed by atoms with Gasteiger partial charge in [0.25, 0.3) is 0 Å². The lowest BCUT2D eigenvalue weighted by molar-refractivity contribution is 0.0113. The lowest BCUT2D eigenvalue weighted by Crippen LogP contribution is -2.53. The van der Waals surface area contributed by atoms with Crippen LogP contribution in [0.15, 0.2) is 52.7 Å². The molecular formula is C25H29N5O. The number of aliphatic imine (C=N–C) groups is 2. The first kappa shape index (κ1) is 19.0. The number of rotatable bonds is 2. The smallest absolute Gasteiger partial charge is 0.198 e. The van der Waals surface area contributed by atoms with E-state index in [-0.39, 0.29) is 5.41 Å². The van der Waals surface area contributed by atoms with E-state index in [1.165, 1.54) is 16.7 Å². The highest BCUT2D eigenvalue weighted by Crippen LogP contribution is 2.62. The van der Waals surface area contributed by atoms with Crippen molar-refractivity contribution in [1.29, 1.82) is 0 Å². The Morgan fingerprint density at radius 2 is 2.03 bits per heavy atom. The van der Waals surface area contributed by atoms with Crippen molar-refractivity contribution in [3.63, 3.8) is 0 Å². The number of fused-ring (bicyclic) bond motifs is 5. The quantitative estimate of drug-likeness (QED) is 0.814. The Hall–Kier alpha value is -2.73. The lowest BCUT2D eigenvalue weighted by Gasteiger charge is -2.47. The van der Waals surface area contributed by atoms with E-state index in [2.05, 4.69) is 34.1 Å². The SMILES string of the molecule is COC1CCC2(CC1)Cc1ccc(-c3cccnc3)cc1C21N=C(N)N2CCCN=C21. The standard InChI is InChI=1S/C25H29N5O/c1-31-20-7-9-24(10-8-20)15-18-6-5-17(19-4-2-11-27-16-19)14-21(18)25(24)22-28-12-3-13-30(22)23(26)29-25/h2,4-6,11,14,16,20H,3,7-10,12-13,15H2,1H3,(H2,26,29). The van der Waals surface area contributed by atoms with Crippen LogP contribution < -0.4 is 5.73 Å². The number of amidine groups is 1. The number of nitrogens with zero attached hydrogens (tertiary/aromatic N) is 4. The average molecular weight is 416 g/mol. The van der Waals surface area contributed by atoms with E-state index in [9.17, 15) is 0 Å². The molecule has 0 bridgehead atoms. The van der Waals surface area contributed by atoms with E-state index in [4.69, 9.17) is 20.5 Å². The molecule has 160 valence electrons. The van der Waals surface area contributed by atoms with Crippen molar-refractivity contribution in [2.75, 3.05) is 20.2 Å². The third kappa shape index (κ3) is 2.57. The Balaban J connectivity index is 1.55. The van der Waals surface area contributed by atoms with E-state index in [1.54, 1.807) is 0 Å². The lowest BCUT2D eigenvalue weighted by atomic mass is 9.61. The second-order valence-electron chi connectivity index (χ2n) is 9.40. The van der Waals surface area contributed by atoms with Crippen LogP contribution in [-0.4, -0.2) is 48.0 Å². The van der Waals surface area contributed by atoms with Crippen LogP contribution in [-0.2, 0) is 16.7 Å². The maximum Gasteiger partial charge on any atom is 0.198 e. The molecule has 0 radical (unpaired) electrons. The molecule has 0 saturated heterocycles. The largest absolute Gasteiger partial charge is 0.381 e. The molecule has 2 aliphatic carbocycles. The number of methoxy groups -OCH3 is 1. The number of aromatic nitrogens is 1. The maximum atomic E-state index is 6.55. The molecule has 1 aromatic carbocycles. The molecule has 31 heavy (non-hydrogen) atoms. The molecule has 3 heterocycles. The molecule has 4 aliphatic rings. The third-order valence-electron chi connectivity index (χ3n) is 7.95. The molecule has 1 saturated carbocycles. The fourth-order valence-corrected chi connectivity index (χ4v) is 6.43. The zero-order valence-electron chi connectivity index (χ0n) is 18.1. The van der Waals surface area contributed by atoms with Crippen molar-refractivity contribution >= 4 is 11.8 Å². The van der Waals surface area contributed by atoms with Crippen LogP contribution in [0.1, 0.15) is 43.2 Å². The number of hydrogen-bond acceptors (Lipinski definition) is 6. The Kier molecular flexibility index (Phi) is 4.22. The number of hydrogen-bond donors (Lipinski definition) is 1. The number of benzene rings is 1. The molecular weight excluding hydrogens is 386 g/mol. The predicted molar refractivity (Wildman–Crippen MR) is 122 cm³/mol. The number of ether oxygens (including phenoxy) is 1. The van der Waals surface area contributed by atoms with E-state index < -0.39 is 5.54 Å². The van der Waals surface area contributed by atoms with Gasteiger partial charge < -0.3 is 10.5 Å². The van der Waals surface area contributed by atoms with E-state index in [0.717, 1.165) is 63.0 Å². The fraction of sp³-hybridized carbons (Fsp3) is 0.480. The van der Waals surface area contributed by atoms with Crippen LogP contribution >= 0.6 is 0 Å². The molecule has 0 amide bonds. The minimum atomic E-state index is -0.482. The van der Waals surface area contributed by atoms with E-state index >= 15 is 0 Å². The van der Waals surface area contributed by atoms with E-state index in [1.807, 2.05) is 25.6 Å². The van der Waals surface area contributed by atoms with Crippen LogP contribution in [0.3, 0.4) is 0 Å². The fourth-order valence-electron chi connectivity index (χ4n) is 6.43. The van der Waals surface area contributed by atoms with Crippen LogP contribution in [0.5, 0.6) is 0 Å². The summed E-state index contributed by atoms with van der Waals surface area (Å²) < 4.78 is 5.72. The van der Waals surface area contributed by atoms with Gasteiger partial charge >= 0.3 is 0 Å². The first-order chi connectivity index (χ1) is 15.2. The minimum absolute atomic E-state index is 0.00741. The minimum Gasteiger partial charge on any atom is -0.381 e. The van der Waals surface area contributed by atoms with Gasteiger partial charge in [-0.1, -0.05) is 18.2 Å². The van der Waals surface area contributed by atoms with Gasteiger partial charge in [-0.2, -0.15) is 0 Å². The van der Waals surface area contributed by atoms with Gasteiger partial charge in [0.15, 0.2) is 11.5 Å². The molecule has 1 aromatic heterocycles. The van der Waals surface area contributed by atoms with Gasteiger partial charge in [0.05, 0.1) is 6.10 Å². The molecule has 2 aromatic rings. The summed E-state index contributed by atoms with van der Waals surface area (Å²) in [6, 6.07) is 11.0. The highest BCUT2D eigenvalue weighted by molar-refractivity contribution is 6.11. The third-order valence-corrected chi connectivity index (χ3v) is 7.95. The summed E-state index contributed by atoms with van der Waals surface area (Å²) in [6.07, 6.45) is 10.4. The van der Waals surface area contributed by atoms with Crippen LogP contribution in [0.2, 0.25) is 0 Å². The normalized spacial score (nSPS) is 31.5. The summed E-state index contributed by atoms with van der Waals surface area (Å²) in [7, 11) is 1.83. The van der Waals surface area contributed by atoms with Crippen molar-refractivity contribution in [1.82, 2.24) is 9.88 Å². The molecule has 2 aliphatic heterocycles. The Morgan fingerprint density at radius 1 is 1.16 bits per heavy atom.